The lowest BCUT2D eigenvalue weighted by Crippen LogP contribution is -2.09. The van der Waals surface area contributed by atoms with Crippen LogP contribution in [0.25, 0.3) is 0 Å². The quantitative estimate of drug-likeness (QED) is 0.359. The zero-order chi connectivity index (χ0) is 15.2. The molecule has 1 aromatic heterocycles. The van der Waals surface area contributed by atoms with Crippen LogP contribution in [0.15, 0.2) is 64.7 Å². The van der Waals surface area contributed by atoms with Crippen molar-refractivity contribution in [2.24, 2.45) is 0 Å². The summed E-state index contributed by atoms with van der Waals surface area (Å²) in [5.74, 6) is -0.129. The van der Waals surface area contributed by atoms with Crippen molar-refractivity contribution in [1.29, 1.82) is 0 Å². The van der Waals surface area contributed by atoms with Gasteiger partial charge in [0.05, 0.1) is 10.5 Å². The van der Waals surface area contributed by atoms with Crippen LogP contribution in [0.3, 0.4) is 0 Å². The number of aromatic nitrogens is 1. The number of thioether (sulfide) groups is 1. The fourth-order valence-electron chi connectivity index (χ4n) is 1.67. The molecular weight excluding hydrogens is 304 g/mol. The average molecular weight is 319 g/mol. The Morgan fingerprint density at radius 3 is 2.52 bits per heavy atom. The molecule has 0 saturated carbocycles. The number of benzene rings is 1. The Kier molecular flexibility index (Phi) is 5.42. The first-order valence-electron chi connectivity index (χ1n) is 6.34. The van der Waals surface area contributed by atoms with E-state index in [9.17, 15) is 4.79 Å². The topological polar surface area (TPSA) is 33.2 Å². The van der Waals surface area contributed by atoms with E-state index in [1.165, 1.54) is 11.8 Å². The SMILES string of the molecule is CN(C)/C=C(\Sc1ccccc1)C(=O)c1cccnc1Cl. The van der Waals surface area contributed by atoms with Gasteiger partial charge in [0.2, 0.25) is 5.78 Å². The van der Waals surface area contributed by atoms with Gasteiger partial charge in [0.25, 0.3) is 0 Å². The van der Waals surface area contributed by atoms with Crippen molar-refractivity contribution >= 4 is 29.1 Å². The zero-order valence-corrected chi connectivity index (χ0v) is 13.4. The number of hydrogen-bond acceptors (Lipinski definition) is 4. The van der Waals surface area contributed by atoms with Gasteiger partial charge in [-0.15, -0.1) is 0 Å². The number of nitrogens with zero attached hydrogens (tertiary/aromatic N) is 2. The lowest BCUT2D eigenvalue weighted by atomic mass is 10.2. The molecule has 1 heterocycles. The molecule has 0 aliphatic rings. The Morgan fingerprint density at radius 2 is 1.90 bits per heavy atom. The monoisotopic (exact) mass is 318 g/mol. The molecule has 0 radical (unpaired) electrons. The van der Waals surface area contributed by atoms with Crippen LogP contribution in [0, 0.1) is 0 Å². The molecule has 108 valence electrons. The number of hydrogen-bond donors (Lipinski definition) is 0. The van der Waals surface area contributed by atoms with Gasteiger partial charge in [-0.2, -0.15) is 0 Å². The minimum Gasteiger partial charge on any atom is -0.382 e. The molecule has 0 atom stereocenters. The Hall–Kier alpha value is -1.78. The first-order valence-corrected chi connectivity index (χ1v) is 7.53. The summed E-state index contributed by atoms with van der Waals surface area (Å²) < 4.78 is 0. The van der Waals surface area contributed by atoms with Gasteiger partial charge in [0.15, 0.2) is 0 Å². The molecule has 0 bridgehead atoms. The molecule has 0 spiro atoms. The summed E-state index contributed by atoms with van der Waals surface area (Å²) in [4.78, 5) is 20.1. The highest BCUT2D eigenvalue weighted by atomic mass is 35.5. The van der Waals surface area contributed by atoms with Crippen molar-refractivity contribution in [3.8, 4) is 0 Å². The van der Waals surface area contributed by atoms with Crippen LogP contribution in [-0.2, 0) is 0 Å². The van der Waals surface area contributed by atoms with E-state index in [1.54, 1.807) is 24.5 Å². The number of Topliss-reactive ketones (excluding diaryl/α,β-unsaturated/α-hetero) is 1. The zero-order valence-electron chi connectivity index (χ0n) is 11.8. The van der Waals surface area contributed by atoms with E-state index in [0.717, 1.165) is 4.90 Å². The van der Waals surface area contributed by atoms with Crippen molar-refractivity contribution in [3.63, 3.8) is 0 Å². The van der Waals surface area contributed by atoms with Crippen molar-refractivity contribution in [2.45, 2.75) is 4.90 Å². The van der Waals surface area contributed by atoms with Gasteiger partial charge in [-0.05, 0) is 24.3 Å². The van der Waals surface area contributed by atoms with Gasteiger partial charge >= 0.3 is 0 Å². The third-order valence-corrected chi connectivity index (χ3v) is 3.89. The molecular formula is C16H15ClN2OS. The molecule has 0 saturated heterocycles. The fraction of sp³-hybridized carbons (Fsp3) is 0.125. The van der Waals surface area contributed by atoms with Crippen molar-refractivity contribution < 1.29 is 4.79 Å². The summed E-state index contributed by atoms with van der Waals surface area (Å²) in [6, 6.07) is 13.2. The third-order valence-electron chi connectivity index (χ3n) is 2.57. The largest absolute Gasteiger partial charge is 0.382 e. The van der Waals surface area contributed by atoms with Crippen molar-refractivity contribution in [3.05, 3.63) is 70.5 Å². The highest BCUT2D eigenvalue weighted by molar-refractivity contribution is 8.04. The number of pyridine rings is 1. The highest BCUT2D eigenvalue weighted by Gasteiger charge is 2.17. The normalized spacial score (nSPS) is 11.3. The predicted molar refractivity (Wildman–Crippen MR) is 87.6 cm³/mol. The van der Waals surface area contributed by atoms with Crippen LogP contribution >= 0.6 is 23.4 Å². The molecule has 0 aliphatic carbocycles. The summed E-state index contributed by atoms with van der Waals surface area (Å²) >= 11 is 7.43. The summed E-state index contributed by atoms with van der Waals surface area (Å²) in [6.07, 6.45) is 3.36. The van der Waals surface area contributed by atoms with Gasteiger partial charge in [-0.3, -0.25) is 4.79 Å². The molecule has 0 N–H and O–H groups in total. The number of rotatable bonds is 5. The summed E-state index contributed by atoms with van der Waals surface area (Å²) in [5.41, 5.74) is 0.413. The Balaban J connectivity index is 2.33. The minimum atomic E-state index is -0.129. The lowest BCUT2D eigenvalue weighted by molar-refractivity contribution is 0.104. The molecule has 0 aliphatic heterocycles. The number of carbonyl (C=O) groups excluding carboxylic acids is 1. The number of halogens is 1. The fourth-order valence-corrected chi connectivity index (χ4v) is 2.89. The van der Waals surface area contributed by atoms with Crippen LogP contribution in [0.2, 0.25) is 5.15 Å². The number of ketones is 1. The lowest BCUT2D eigenvalue weighted by Gasteiger charge is -2.11. The number of carbonyl (C=O) groups is 1. The first-order chi connectivity index (χ1) is 10.1. The van der Waals surface area contributed by atoms with Crippen LogP contribution in [-0.4, -0.2) is 29.8 Å². The summed E-state index contributed by atoms with van der Waals surface area (Å²) in [5, 5.41) is 0.223. The third kappa shape index (κ3) is 4.34. The van der Waals surface area contributed by atoms with Crippen LogP contribution in [0.4, 0.5) is 0 Å². The van der Waals surface area contributed by atoms with E-state index in [0.29, 0.717) is 10.5 Å². The van der Waals surface area contributed by atoms with Gasteiger partial charge in [-0.1, -0.05) is 41.6 Å². The molecule has 2 aromatic rings. The molecule has 0 unspecified atom stereocenters. The molecule has 1 aromatic carbocycles. The summed E-state index contributed by atoms with van der Waals surface area (Å²) in [6.45, 7) is 0. The van der Waals surface area contributed by atoms with Crippen molar-refractivity contribution in [1.82, 2.24) is 9.88 Å². The van der Waals surface area contributed by atoms with E-state index < -0.39 is 0 Å². The van der Waals surface area contributed by atoms with Crippen molar-refractivity contribution in [2.75, 3.05) is 14.1 Å². The van der Waals surface area contributed by atoms with Crippen LogP contribution < -0.4 is 0 Å². The standard InChI is InChI=1S/C16H15ClN2OS/c1-19(2)11-14(21-12-7-4-3-5-8-12)15(20)13-9-6-10-18-16(13)17/h3-11H,1-2H3/b14-11-. The average Bonchev–Trinajstić information content (AvgIpc) is 2.47. The van der Waals surface area contributed by atoms with Gasteiger partial charge in [0, 0.05) is 31.4 Å². The molecule has 21 heavy (non-hydrogen) atoms. The van der Waals surface area contributed by atoms with E-state index in [2.05, 4.69) is 4.98 Å². The molecule has 0 fully saturated rings. The second kappa shape index (κ2) is 7.29. The molecule has 0 amide bonds. The molecule has 3 nitrogen and oxygen atoms in total. The maximum absolute atomic E-state index is 12.7. The van der Waals surface area contributed by atoms with Gasteiger partial charge in [-0.25, -0.2) is 4.98 Å². The van der Waals surface area contributed by atoms with Gasteiger partial charge in [0.1, 0.15) is 5.15 Å². The number of allylic oxidation sites excluding steroid dienone is 1. The van der Waals surface area contributed by atoms with E-state index >= 15 is 0 Å². The van der Waals surface area contributed by atoms with Crippen LogP contribution in [0.5, 0.6) is 0 Å². The highest BCUT2D eigenvalue weighted by Crippen LogP contribution is 2.30. The minimum absolute atomic E-state index is 0.129. The van der Waals surface area contributed by atoms with E-state index in [-0.39, 0.29) is 10.9 Å². The summed E-state index contributed by atoms with van der Waals surface area (Å²) in [7, 11) is 3.76. The smallest absolute Gasteiger partial charge is 0.204 e. The second-order valence-corrected chi connectivity index (χ2v) is 6.02. The maximum atomic E-state index is 12.7. The van der Waals surface area contributed by atoms with E-state index in [1.807, 2.05) is 49.3 Å². The molecule has 2 rings (SSSR count). The van der Waals surface area contributed by atoms with E-state index in [4.69, 9.17) is 11.6 Å². The maximum Gasteiger partial charge on any atom is 0.204 e. The Morgan fingerprint density at radius 1 is 1.19 bits per heavy atom. The van der Waals surface area contributed by atoms with Crippen LogP contribution in [0.1, 0.15) is 10.4 Å². The Labute approximate surface area is 133 Å². The predicted octanol–water partition coefficient (Wildman–Crippen LogP) is 4.11. The molecule has 5 heteroatoms. The van der Waals surface area contributed by atoms with Gasteiger partial charge < -0.3 is 4.90 Å². The first kappa shape index (κ1) is 15.6. The Bertz CT molecular complexity index is 656. The second-order valence-electron chi connectivity index (χ2n) is 4.54.